The van der Waals surface area contributed by atoms with Crippen LogP contribution in [-0.2, 0) is 17.9 Å². The molecule has 1 saturated carbocycles. The van der Waals surface area contributed by atoms with Gasteiger partial charge in [-0.1, -0.05) is 37.9 Å². The quantitative estimate of drug-likeness (QED) is 0.748. The zero-order valence-corrected chi connectivity index (χ0v) is 13.5. The number of amides is 1. The Labute approximate surface area is 130 Å². The van der Waals surface area contributed by atoms with Crippen LogP contribution in [0.25, 0.3) is 0 Å². The van der Waals surface area contributed by atoms with Crippen LogP contribution in [0.4, 0.5) is 0 Å². The molecule has 2 rings (SSSR count). The summed E-state index contributed by atoms with van der Waals surface area (Å²) in [7, 11) is 0. The van der Waals surface area contributed by atoms with Crippen molar-refractivity contribution >= 4 is 17.7 Å². The molecule has 0 spiro atoms. The molecule has 3 N–H and O–H groups in total. The van der Waals surface area contributed by atoms with Crippen LogP contribution in [-0.4, -0.2) is 32.5 Å². The normalized spacial score (nSPS) is 16.1. The molecule has 1 aliphatic rings. The molecule has 0 radical (unpaired) electrons. The van der Waals surface area contributed by atoms with Gasteiger partial charge in [-0.2, -0.15) is 0 Å². The van der Waals surface area contributed by atoms with Crippen molar-refractivity contribution in [2.45, 2.75) is 69.7 Å². The average molecular weight is 311 g/mol. The summed E-state index contributed by atoms with van der Waals surface area (Å²) in [5.74, 6) is 1.27. The van der Waals surface area contributed by atoms with Gasteiger partial charge in [-0.25, -0.2) is 0 Å². The molecular formula is C14H25N5OS. The maximum Gasteiger partial charge on any atom is 0.230 e. The van der Waals surface area contributed by atoms with Gasteiger partial charge in [0, 0.05) is 12.6 Å². The SMILES string of the molecule is CCCn1c(CN)nnc1SCC(=O)NC1CCCCC1. The first-order valence-electron chi connectivity index (χ1n) is 7.79. The van der Waals surface area contributed by atoms with E-state index in [1.165, 1.54) is 31.0 Å². The van der Waals surface area contributed by atoms with Crippen molar-refractivity contribution in [2.75, 3.05) is 5.75 Å². The van der Waals surface area contributed by atoms with Crippen molar-refractivity contribution < 1.29 is 4.79 Å². The molecule has 7 heteroatoms. The van der Waals surface area contributed by atoms with Crippen molar-refractivity contribution in [2.24, 2.45) is 5.73 Å². The number of nitrogens with one attached hydrogen (secondary N) is 1. The minimum absolute atomic E-state index is 0.0900. The highest BCUT2D eigenvalue weighted by molar-refractivity contribution is 7.99. The van der Waals surface area contributed by atoms with E-state index in [0.717, 1.165) is 36.8 Å². The molecule has 1 heterocycles. The number of carbonyl (C=O) groups excluding carboxylic acids is 1. The lowest BCUT2D eigenvalue weighted by atomic mass is 9.95. The van der Waals surface area contributed by atoms with Gasteiger partial charge >= 0.3 is 0 Å². The Bertz CT molecular complexity index is 456. The van der Waals surface area contributed by atoms with Gasteiger partial charge < -0.3 is 15.6 Å². The van der Waals surface area contributed by atoms with Gasteiger partial charge in [0.2, 0.25) is 5.91 Å². The third-order valence-corrected chi connectivity index (χ3v) is 4.69. The number of nitrogens with zero attached hydrogens (tertiary/aromatic N) is 3. The largest absolute Gasteiger partial charge is 0.353 e. The molecule has 0 bridgehead atoms. The average Bonchev–Trinajstić information content (AvgIpc) is 2.89. The zero-order chi connectivity index (χ0) is 15.1. The van der Waals surface area contributed by atoms with Gasteiger partial charge in [0.05, 0.1) is 12.3 Å². The Kier molecular flexibility index (Phi) is 6.50. The highest BCUT2D eigenvalue weighted by Crippen LogP contribution is 2.19. The van der Waals surface area contributed by atoms with Crippen LogP contribution in [0.1, 0.15) is 51.3 Å². The molecule has 6 nitrogen and oxygen atoms in total. The summed E-state index contributed by atoms with van der Waals surface area (Å²) in [6.07, 6.45) is 6.96. The zero-order valence-electron chi connectivity index (χ0n) is 12.7. The number of nitrogens with two attached hydrogens (primary N) is 1. The van der Waals surface area contributed by atoms with E-state index in [-0.39, 0.29) is 5.91 Å². The maximum absolute atomic E-state index is 12.0. The number of rotatable bonds is 7. The lowest BCUT2D eigenvalue weighted by molar-refractivity contribution is -0.119. The van der Waals surface area contributed by atoms with E-state index in [1.54, 1.807) is 0 Å². The Balaban J connectivity index is 1.84. The summed E-state index contributed by atoms with van der Waals surface area (Å²) >= 11 is 1.44. The first kappa shape index (κ1) is 16.3. The predicted molar refractivity (Wildman–Crippen MR) is 83.9 cm³/mol. The van der Waals surface area contributed by atoms with Crippen LogP contribution in [0, 0.1) is 0 Å². The van der Waals surface area contributed by atoms with E-state index in [4.69, 9.17) is 5.73 Å². The number of thioether (sulfide) groups is 1. The molecule has 1 aliphatic carbocycles. The minimum atomic E-state index is 0.0900. The second-order valence-electron chi connectivity index (χ2n) is 5.45. The van der Waals surface area contributed by atoms with Crippen LogP contribution in [0.3, 0.4) is 0 Å². The molecule has 0 saturated heterocycles. The molecule has 0 aromatic carbocycles. The molecule has 21 heavy (non-hydrogen) atoms. The Morgan fingerprint density at radius 3 is 2.81 bits per heavy atom. The van der Waals surface area contributed by atoms with Crippen LogP contribution in [0.5, 0.6) is 0 Å². The minimum Gasteiger partial charge on any atom is -0.353 e. The number of aromatic nitrogens is 3. The molecule has 118 valence electrons. The van der Waals surface area contributed by atoms with E-state index >= 15 is 0 Å². The standard InChI is InChI=1S/C14H25N5OS/c1-2-8-19-12(9-15)17-18-14(19)21-10-13(20)16-11-6-4-3-5-7-11/h11H,2-10,15H2,1H3,(H,16,20). The smallest absolute Gasteiger partial charge is 0.230 e. The van der Waals surface area contributed by atoms with Gasteiger partial charge in [0.15, 0.2) is 5.16 Å². The van der Waals surface area contributed by atoms with Gasteiger partial charge in [-0.15, -0.1) is 10.2 Å². The van der Waals surface area contributed by atoms with Crippen molar-refractivity contribution in [3.8, 4) is 0 Å². The second-order valence-corrected chi connectivity index (χ2v) is 6.39. The summed E-state index contributed by atoms with van der Waals surface area (Å²) in [5, 5.41) is 12.1. The van der Waals surface area contributed by atoms with Crippen LogP contribution in [0.15, 0.2) is 5.16 Å². The molecule has 0 unspecified atom stereocenters. The number of carbonyl (C=O) groups is 1. The van der Waals surface area contributed by atoms with Crippen molar-refractivity contribution in [1.29, 1.82) is 0 Å². The molecule has 0 aliphatic heterocycles. The van der Waals surface area contributed by atoms with Crippen LogP contribution < -0.4 is 11.1 Å². The van der Waals surface area contributed by atoms with Crippen molar-refractivity contribution in [1.82, 2.24) is 20.1 Å². The van der Waals surface area contributed by atoms with E-state index in [9.17, 15) is 4.79 Å². The molecule has 1 fully saturated rings. The van der Waals surface area contributed by atoms with Gasteiger partial charge in [-0.05, 0) is 19.3 Å². The van der Waals surface area contributed by atoms with Gasteiger partial charge in [0.1, 0.15) is 5.82 Å². The summed E-state index contributed by atoms with van der Waals surface area (Å²) in [5.41, 5.74) is 5.66. The van der Waals surface area contributed by atoms with E-state index < -0.39 is 0 Å². The summed E-state index contributed by atoms with van der Waals surface area (Å²) < 4.78 is 2.01. The van der Waals surface area contributed by atoms with Gasteiger partial charge in [0.25, 0.3) is 0 Å². The molecule has 1 amide bonds. The van der Waals surface area contributed by atoms with Crippen molar-refractivity contribution in [3.63, 3.8) is 0 Å². The van der Waals surface area contributed by atoms with Gasteiger partial charge in [-0.3, -0.25) is 4.79 Å². The Morgan fingerprint density at radius 1 is 1.38 bits per heavy atom. The first-order chi connectivity index (χ1) is 10.2. The fourth-order valence-corrected chi connectivity index (χ4v) is 3.47. The summed E-state index contributed by atoms with van der Waals surface area (Å²) in [6, 6.07) is 0.361. The van der Waals surface area contributed by atoms with Crippen LogP contribution >= 0.6 is 11.8 Å². The fourth-order valence-electron chi connectivity index (χ4n) is 2.67. The first-order valence-corrected chi connectivity index (χ1v) is 8.77. The summed E-state index contributed by atoms with van der Waals surface area (Å²) in [6.45, 7) is 3.32. The third-order valence-electron chi connectivity index (χ3n) is 3.73. The third kappa shape index (κ3) is 4.71. The number of hydrogen-bond acceptors (Lipinski definition) is 5. The van der Waals surface area contributed by atoms with E-state index in [2.05, 4.69) is 22.4 Å². The monoisotopic (exact) mass is 311 g/mol. The van der Waals surface area contributed by atoms with E-state index in [0.29, 0.717) is 18.3 Å². The highest BCUT2D eigenvalue weighted by atomic mass is 32.2. The predicted octanol–water partition coefficient (Wildman–Crippen LogP) is 1.69. The lowest BCUT2D eigenvalue weighted by Crippen LogP contribution is -2.37. The Morgan fingerprint density at radius 2 is 2.14 bits per heavy atom. The topological polar surface area (TPSA) is 85.8 Å². The Hall–Kier alpha value is -1.08. The maximum atomic E-state index is 12.0. The molecular weight excluding hydrogens is 286 g/mol. The number of hydrogen-bond donors (Lipinski definition) is 2. The van der Waals surface area contributed by atoms with Crippen LogP contribution in [0.2, 0.25) is 0 Å². The molecule has 1 aromatic heterocycles. The summed E-state index contributed by atoms with van der Waals surface area (Å²) in [4.78, 5) is 12.0. The molecule has 0 atom stereocenters. The molecule has 1 aromatic rings. The fraction of sp³-hybridized carbons (Fsp3) is 0.786. The highest BCUT2D eigenvalue weighted by Gasteiger charge is 2.17. The van der Waals surface area contributed by atoms with E-state index in [1.807, 2.05) is 4.57 Å². The van der Waals surface area contributed by atoms with Crippen molar-refractivity contribution in [3.05, 3.63) is 5.82 Å². The second kappa shape index (κ2) is 8.38. The lowest BCUT2D eigenvalue weighted by Gasteiger charge is -2.22.